The lowest BCUT2D eigenvalue weighted by Gasteiger charge is -2.09. The van der Waals surface area contributed by atoms with E-state index in [9.17, 15) is 4.79 Å². The minimum atomic E-state index is 0.123. The molecule has 14 heavy (non-hydrogen) atoms. The maximum atomic E-state index is 11.3. The van der Waals surface area contributed by atoms with Crippen molar-refractivity contribution in [3.63, 3.8) is 0 Å². The lowest BCUT2D eigenvalue weighted by atomic mass is 10.1. The summed E-state index contributed by atoms with van der Waals surface area (Å²) in [5.74, 6) is 2.17. The lowest BCUT2D eigenvalue weighted by Crippen LogP contribution is -2.30. The van der Waals surface area contributed by atoms with Crippen LogP contribution in [0.15, 0.2) is 0 Å². The molecule has 0 aliphatic heterocycles. The molecule has 84 valence electrons. The van der Waals surface area contributed by atoms with Crippen molar-refractivity contribution < 1.29 is 9.90 Å². The molecule has 1 atom stereocenters. The summed E-state index contributed by atoms with van der Waals surface area (Å²) in [6, 6.07) is 0. The summed E-state index contributed by atoms with van der Waals surface area (Å²) in [6.07, 6.45) is 1.73. The second-order valence-corrected chi connectivity index (χ2v) is 4.51. The van der Waals surface area contributed by atoms with Gasteiger partial charge in [-0.1, -0.05) is 13.8 Å². The van der Waals surface area contributed by atoms with Crippen molar-refractivity contribution in [2.24, 2.45) is 5.92 Å². The number of carbonyl (C=O) groups excluding carboxylic acids is 1. The van der Waals surface area contributed by atoms with Crippen molar-refractivity contribution in [1.29, 1.82) is 0 Å². The van der Waals surface area contributed by atoms with Crippen LogP contribution in [-0.2, 0) is 4.79 Å². The number of amides is 1. The predicted molar refractivity (Wildman–Crippen MR) is 61.5 cm³/mol. The van der Waals surface area contributed by atoms with Gasteiger partial charge in [0.05, 0.1) is 0 Å². The fourth-order valence-corrected chi connectivity index (χ4v) is 1.66. The molecule has 1 unspecified atom stereocenters. The molecule has 0 radical (unpaired) electrons. The SMILES string of the molecule is CCC(C)C(=O)NCCSCCCO. The van der Waals surface area contributed by atoms with Gasteiger partial charge in [0.1, 0.15) is 0 Å². The van der Waals surface area contributed by atoms with Crippen LogP contribution >= 0.6 is 11.8 Å². The predicted octanol–water partition coefficient (Wildman–Crippen LogP) is 1.26. The fourth-order valence-electron chi connectivity index (χ4n) is 0.875. The number of nitrogens with one attached hydrogen (secondary N) is 1. The Bertz CT molecular complexity index is 153. The van der Waals surface area contributed by atoms with Gasteiger partial charge in [-0.3, -0.25) is 4.79 Å². The standard InChI is InChI=1S/C10H21NO2S/c1-3-9(2)10(13)11-5-8-14-7-4-6-12/h9,12H,3-8H2,1-2H3,(H,11,13). The van der Waals surface area contributed by atoms with Crippen molar-refractivity contribution in [3.05, 3.63) is 0 Å². The molecule has 0 bridgehead atoms. The molecule has 0 spiro atoms. The highest BCUT2D eigenvalue weighted by Gasteiger charge is 2.08. The van der Waals surface area contributed by atoms with E-state index in [4.69, 9.17) is 5.11 Å². The first kappa shape index (κ1) is 13.8. The van der Waals surface area contributed by atoms with E-state index >= 15 is 0 Å². The summed E-state index contributed by atoms with van der Waals surface area (Å²) >= 11 is 1.76. The fraction of sp³-hybridized carbons (Fsp3) is 0.900. The minimum Gasteiger partial charge on any atom is -0.396 e. The van der Waals surface area contributed by atoms with Crippen LogP contribution in [0.4, 0.5) is 0 Å². The Hall–Kier alpha value is -0.220. The van der Waals surface area contributed by atoms with Crippen molar-refractivity contribution in [2.75, 3.05) is 24.7 Å². The highest BCUT2D eigenvalue weighted by atomic mass is 32.2. The molecule has 0 rings (SSSR count). The van der Waals surface area contributed by atoms with Crippen LogP contribution in [0.5, 0.6) is 0 Å². The third kappa shape index (κ3) is 7.21. The molecule has 0 aliphatic carbocycles. The Morgan fingerprint density at radius 3 is 2.79 bits per heavy atom. The number of aliphatic hydroxyl groups is 1. The molecule has 3 nitrogen and oxygen atoms in total. The molecule has 0 aromatic heterocycles. The molecular weight excluding hydrogens is 198 g/mol. The first-order valence-corrected chi connectivity index (χ1v) is 6.34. The van der Waals surface area contributed by atoms with E-state index in [0.717, 1.165) is 30.9 Å². The molecule has 2 N–H and O–H groups in total. The summed E-state index contributed by atoms with van der Waals surface area (Å²) in [4.78, 5) is 11.3. The monoisotopic (exact) mass is 219 g/mol. The van der Waals surface area contributed by atoms with Gasteiger partial charge in [0, 0.05) is 24.8 Å². The Morgan fingerprint density at radius 1 is 1.50 bits per heavy atom. The molecule has 4 heteroatoms. The Kier molecular flexibility index (Phi) is 9.19. The van der Waals surface area contributed by atoms with Crippen molar-refractivity contribution in [3.8, 4) is 0 Å². The summed E-state index contributed by atoms with van der Waals surface area (Å²) in [7, 11) is 0. The zero-order valence-electron chi connectivity index (χ0n) is 9.08. The second-order valence-electron chi connectivity index (χ2n) is 3.29. The molecule has 0 aliphatic rings. The van der Waals surface area contributed by atoms with Crippen LogP contribution in [0.2, 0.25) is 0 Å². The molecule has 0 saturated carbocycles. The summed E-state index contributed by atoms with van der Waals surface area (Å²) < 4.78 is 0. The topological polar surface area (TPSA) is 49.3 Å². The maximum Gasteiger partial charge on any atom is 0.222 e. The van der Waals surface area contributed by atoms with Crippen LogP contribution in [0, 0.1) is 5.92 Å². The van der Waals surface area contributed by atoms with Gasteiger partial charge >= 0.3 is 0 Å². The van der Waals surface area contributed by atoms with E-state index in [2.05, 4.69) is 5.32 Å². The summed E-state index contributed by atoms with van der Waals surface area (Å²) in [5, 5.41) is 11.4. The number of thioether (sulfide) groups is 1. The van der Waals surface area contributed by atoms with Gasteiger partial charge in [-0.05, 0) is 18.6 Å². The Labute approximate surface area is 90.7 Å². The molecule has 0 saturated heterocycles. The first-order valence-electron chi connectivity index (χ1n) is 5.18. The van der Waals surface area contributed by atoms with Crippen molar-refractivity contribution in [2.45, 2.75) is 26.7 Å². The van der Waals surface area contributed by atoms with Crippen LogP contribution in [0.25, 0.3) is 0 Å². The summed E-state index contributed by atoms with van der Waals surface area (Å²) in [5.41, 5.74) is 0. The molecule has 0 heterocycles. The number of hydrogen-bond acceptors (Lipinski definition) is 3. The molecule has 0 aromatic rings. The van der Waals surface area contributed by atoms with E-state index in [0.29, 0.717) is 0 Å². The average molecular weight is 219 g/mol. The van der Waals surface area contributed by atoms with Gasteiger partial charge in [0.2, 0.25) is 5.91 Å². The van der Waals surface area contributed by atoms with Gasteiger partial charge in [0.25, 0.3) is 0 Å². The lowest BCUT2D eigenvalue weighted by molar-refractivity contribution is -0.124. The highest BCUT2D eigenvalue weighted by molar-refractivity contribution is 7.99. The maximum absolute atomic E-state index is 11.3. The average Bonchev–Trinajstić information content (AvgIpc) is 2.21. The van der Waals surface area contributed by atoms with Gasteiger partial charge < -0.3 is 10.4 Å². The third-order valence-electron chi connectivity index (χ3n) is 2.05. The van der Waals surface area contributed by atoms with E-state index < -0.39 is 0 Å². The van der Waals surface area contributed by atoms with Gasteiger partial charge in [-0.2, -0.15) is 11.8 Å². The molecule has 0 fully saturated rings. The number of carbonyl (C=O) groups is 1. The minimum absolute atomic E-state index is 0.123. The van der Waals surface area contributed by atoms with E-state index in [1.165, 1.54) is 0 Å². The zero-order chi connectivity index (χ0) is 10.8. The van der Waals surface area contributed by atoms with E-state index in [1.807, 2.05) is 13.8 Å². The van der Waals surface area contributed by atoms with E-state index in [1.54, 1.807) is 11.8 Å². The zero-order valence-corrected chi connectivity index (χ0v) is 9.90. The number of hydrogen-bond donors (Lipinski definition) is 2. The smallest absolute Gasteiger partial charge is 0.222 e. The second kappa shape index (κ2) is 9.34. The molecular formula is C10H21NO2S. The van der Waals surface area contributed by atoms with Crippen LogP contribution in [0.1, 0.15) is 26.7 Å². The van der Waals surface area contributed by atoms with Crippen LogP contribution in [0.3, 0.4) is 0 Å². The normalized spacial score (nSPS) is 12.5. The number of aliphatic hydroxyl groups excluding tert-OH is 1. The Balaban J connectivity index is 3.23. The van der Waals surface area contributed by atoms with Crippen molar-refractivity contribution in [1.82, 2.24) is 5.32 Å². The summed E-state index contributed by atoms with van der Waals surface area (Å²) in [6.45, 7) is 4.94. The molecule has 0 aromatic carbocycles. The van der Waals surface area contributed by atoms with Crippen LogP contribution in [-0.4, -0.2) is 35.7 Å². The van der Waals surface area contributed by atoms with Crippen LogP contribution < -0.4 is 5.32 Å². The Morgan fingerprint density at radius 2 is 2.21 bits per heavy atom. The molecule has 1 amide bonds. The largest absolute Gasteiger partial charge is 0.396 e. The van der Waals surface area contributed by atoms with Gasteiger partial charge in [-0.15, -0.1) is 0 Å². The number of rotatable bonds is 8. The highest BCUT2D eigenvalue weighted by Crippen LogP contribution is 2.02. The van der Waals surface area contributed by atoms with Gasteiger partial charge in [0.15, 0.2) is 0 Å². The first-order chi connectivity index (χ1) is 6.72. The third-order valence-corrected chi connectivity index (χ3v) is 3.12. The van der Waals surface area contributed by atoms with Gasteiger partial charge in [-0.25, -0.2) is 0 Å². The van der Waals surface area contributed by atoms with Crippen molar-refractivity contribution >= 4 is 17.7 Å². The quantitative estimate of drug-likeness (QED) is 0.604. The van der Waals surface area contributed by atoms with E-state index in [-0.39, 0.29) is 18.4 Å².